The molecule has 0 aromatic heterocycles. The Hall–Kier alpha value is -2.48. The number of allylic oxidation sites excluding steroid dienone is 2. The fraction of sp³-hybridized carbons (Fsp3) is 0.467. The Morgan fingerprint density at radius 3 is 2.53 bits per heavy atom. The Morgan fingerprint density at radius 1 is 0.938 bits per heavy atom. The monoisotopic (exact) mass is 426 g/mol. The van der Waals surface area contributed by atoms with Gasteiger partial charge in [0.05, 0.1) is 0 Å². The Labute approximate surface area is 192 Å². The van der Waals surface area contributed by atoms with Crippen LogP contribution in [0.15, 0.2) is 35.9 Å². The van der Waals surface area contributed by atoms with Gasteiger partial charge in [-0.3, -0.25) is 9.59 Å². The van der Waals surface area contributed by atoms with Crippen LogP contribution in [-0.4, -0.2) is 11.6 Å². The highest BCUT2D eigenvalue weighted by atomic mass is 16.1. The van der Waals surface area contributed by atoms with Crippen LogP contribution in [0.2, 0.25) is 0 Å². The van der Waals surface area contributed by atoms with Gasteiger partial charge in [0.1, 0.15) is 0 Å². The molecule has 0 radical (unpaired) electrons. The van der Waals surface area contributed by atoms with Gasteiger partial charge in [-0.2, -0.15) is 0 Å². The summed E-state index contributed by atoms with van der Waals surface area (Å²) < 4.78 is 0. The normalized spacial score (nSPS) is 19.7. The van der Waals surface area contributed by atoms with E-state index in [1.165, 1.54) is 65.5 Å². The average molecular weight is 427 g/mol. The van der Waals surface area contributed by atoms with Crippen LogP contribution >= 0.6 is 0 Å². The second kappa shape index (κ2) is 8.46. The first-order chi connectivity index (χ1) is 15.5. The van der Waals surface area contributed by atoms with E-state index < -0.39 is 0 Å². The lowest BCUT2D eigenvalue weighted by atomic mass is 9.70. The molecule has 0 saturated carbocycles. The lowest BCUT2D eigenvalue weighted by Crippen LogP contribution is -2.19. The number of hydrogen-bond donors (Lipinski definition) is 0. The molecule has 0 spiro atoms. The number of ketones is 2. The van der Waals surface area contributed by atoms with Crippen molar-refractivity contribution in [1.82, 2.24) is 0 Å². The van der Waals surface area contributed by atoms with Gasteiger partial charge in [-0.25, -0.2) is 0 Å². The largest absolute Gasteiger partial charge is 0.294 e. The summed E-state index contributed by atoms with van der Waals surface area (Å²) in [6.45, 7) is 6.68. The number of rotatable bonds is 6. The summed E-state index contributed by atoms with van der Waals surface area (Å²) in [6, 6.07) is 8.60. The van der Waals surface area contributed by atoms with Crippen molar-refractivity contribution in [3.8, 4) is 11.1 Å². The van der Waals surface area contributed by atoms with Crippen LogP contribution in [0, 0.1) is 5.92 Å². The summed E-state index contributed by atoms with van der Waals surface area (Å²) in [7, 11) is 0. The van der Waals surface area contributed by atoms with Crippen molar-refractivity contribution < 1.29 is 9.59 Å². The lowest BCUT2D eigenvalue weighted by molar-refractivity contribution is 0.0993. The van der Waals surface area contributed by atoms with Gasteiger partial charge in [0, 0.05) is 17.5 Å². The highest BCUT2D eigenvalue weighted by molar-refractivity contribution is 6.09. The van der Waals surface area contributed by atoms with E-state index in [-0.39, 0.29) is 11.6 Å². The lowest BCUT2D eigenvalue weighted by Gasteiger charge is -2.33. The van der Waals surface area contributed by atoms with E-state index in [4.69, 9.17) is 0 Å². The standard InChI is InChI=1S/C30H34O2/c1-4-6-19(5-2)7-8-20-17-21-9-10-23-25(13-14-27(23)31)29(21)30-22(20)11-12-24-26(30)15-18(3)16-28(24)32/h9-12,16,19-20H,4-8,13-15,17H2,1-3H3. The smallest absolute Gasteiger partial charge is 0.186 e. The maximum Gasteiger partial charge on any atom is 0.186 e. The molecule has 2 aromatic rings. The first-order valence-corrected chi connectivity index (χ1v) is 12.6. The minimum Gasteiger partial charge on any atom is -0.294 e. The van der Waals surface area contributed by atoms with Gasteiger partial charge in [0.25, 0.3) is 0 Å². The van der Waals surface area contributed by atoms with Crippen LogP contribution < -0.4 is 0 Å². The predicted octanol–water partition coefficient (Wildman–Crippen LogP) is 7.41. The molecule has 0 N–H and O–H groups in total. The van der Waals surface area contributed by atoms with Crippen LogP contribution in [0.1, 0.15) is 108 Å². The van der Waals surface area contributed by atoms with Gasteiger partial charge in [-0.1, -0.05) is 62.9 Å². The summed E-state index contributed by atoms with van der Waals surface area (Å²) in [6.07, 6.45) is 11.4. The van der Waals surface area contributed by atoms with Crippen molar-refractivity contribution in [3.63, 3.8) is 0 Å². The SMILES string of the molecule is CCCC(CC)CCC1Cc2ccc3c(c2-c2c1ccc1c2CC(C)=CC1=O)CCC3=O. The third-order valence-electron chi connectivity index (χ3n) is 8.10. The van der Waals surface area contributed by atoms with Crippen molar-refractivity contribution in [2.45, 2.75) is 84.5 Å². The summed E-state index contributed by atoms with van der Waals surface area (Å²) in [5.41, 5.74) is 10.7. The van der Waals surface area contributed by atoms with E-state index in [9.17, 15) is 9.59 Å². The minimum atomic E-state index is 0.132. The molecule has 0 heterocycles. The summed E-state index contributed by atoms with van der Waals surface area (Å²) in [5, 5.41) is 0. The van der Waals surface area contributed by atoms with E-state index in [2.05, 4.69) is 45.0 Å². The highest BCUT2D eigenvalue weighted by Gasteiger charge is 2.34. The zero-order valence-corrected chi connectivity index (χ0v) is 19.7. The number of hydrogen-bond acceptors (Lipinski definition) is 2. The van der Waals surface area contributed by atoms with Crippen LogP contribution in [0.25, 0.3) is 11.1 Å². The third kappa shape index (κ3) is 3.49. The molecule has 0 fully saturated rings. The first kappa shape index (κ1) is 21.4. The maximum absolute atomic E-state index is 12.9. The van der Waals surface area contributed by atoms with E-state index in [0.29, 0.717) is 12.3 Å². The van der Waals surface area contributed by atoms with E-state index in [1.807, 2.05) is 0 Å². The minimum absolute atomic E-state index is 0.132. The Morgan fingerprint density at radius 2 is 1.75 bits per heavy atom. The summed E-state index contributed by atoms with van der Waals surface area (Å²) in [4.78, 5) is 25.4. The van der Waals surface area contributed by atoms with E-state index >= 15 is 0 Å². The molecule has 0 aliphatic heterocycles. The van der Waals surface area contributed by atoms with Crippen molar-refractivity contribution in [2.75, 3.05) is 0 Å². The molecule has 2 nitrogen and oxygen atoms in total. The van der Waals surface area contributed by atoms with Crippen LogP contribution in [-0.2, 0) is 19.3 Å². The molecular formula is C30H34O2. The molecule has 3 aliphatic rings. The highest BCUT2D eigenvalue weighted by Crippen LogP contribution is 2.49. The molecule has 32 heavy (non-hydrogen) atoms. The number of carbonyl (C=O) groups excluding carboxylic acids is 2. The molecule has 166 valence electrons. The van der Waals surface area contributed by atoms with Crippen molar-refractivity contribution in [2.24, 2.45) is 5.92 Å². The topological polar surface area (TPSA) is 34.1 Å². The van der Waals surface area contributed by atoms with Crippen molar-refractivity contribution in [3.05, 3.63) is 69.3 Å². The molecule has 3 aliphatic carbocycles. The van der Waals surface area contributed by atoms with Crippen LogP contribution in [0.4, 0.5) is 0 Å². The Balaban J connectivity index is 1.65. The van der Waals surface area contributed by atoms with Gasteiger partial charge in [-0.05, 0) is 90.3 Å². The second-order valence-electron chi connectivity index (χ2n) is 10.2. The third-order valence-corrected chi connectivity index (χ3v) is 8.10. The molecule has 0 amide bonds. The van der Waals surface area contributed by atoms with Crippen molar-refractivity contribution >= 4 is 11.6 Å². The van der Waals surface area contributed by atoms with Gasteiger partial charge >= 0.3 is 0 Å². The van der Waals surface area contributed by atoms with Crippen molar-refractivity contribution in [1.29, 1.82) is 0 Å². The zero-order valence-electron chi connectivity index (χ0n) is 19.7. The molecule has 2 aromatic carbocycles. The van der Waals surface area contributed by atoms with Gasteiger partial charge in [0.15, 0.2) is 11.6 Å². The zero-order chi connectivity index (χ0) is 22.4. The number of Topliss-reactive ketones (excluding diaryl/α,β-unsaturated/α-hetero) is 1. The Bertz CT molecular complexity index is 1130. The molecule has 2 unspecified atom stereocenters. The molecule has 2 heteroatoms. The molecule has 0 bridgehead atoms. The maximum atomic E-state index is 12.9. The van der Waals surface area contributed by atoms with Gasteiger partial charge in [-0.15, -0.1) is 0 Å². The number of benzene rings is 2. The average Bonchev–Trinajstić information content (AvgIpc) is 3.16. The molecular weight excluding hydrogens is 392 g/mol. The van der Waals surface area contributed by atoms with Crippen LogP contribution in [0.3, 0.4) is 0 Å². The Kier molecular flexibility index (Phi) is 5.65. The quantitative estimate of drug-likeness (QED) is 0.482. The summed E-state index contributed by atoms with van der Waals surface area (Å²) >= 11 is 0. The fourth-order valence-corrected chi connectivity index (χ4v) is 6.45. The summed E-state index contributed by atoms with van der Waals surface area (Å²) in [5.74, 6) is 1.69. The molecule has 5 rings (SSSR count). The number of fused-ring (bicyclic) bond motifs is 7. The van der Waals surface area contributed by atoms with E-state index in [0.717, 1.165) is 41.9 Å². The fourth-order valence-electron chi connectivity index (χ4n) is 6.45. The van der Waals surface area contributed by atoms with E-state index in [1.54, 1.807) is 6.08 Å². The number of carbonyl (C=O) groups is 2. The van der Waals surface area contributed by atoms with Gasteiger partial charge in [0.2, 0.25) is 0 Å². The van der Waals surface area contributed by atoms with Crippen LogP contribution in [0.5, 0.6) is 0 Å². The molecule has 2 atom stereocenters. The first-order valence-electron chi connectivity index (χ1n) is 12.6. The molecule has 0 saturated heterocycles. The van der Waals surface area contributed by atoms with Gasteiger partial charge < -0.3 is 0 Å². The second-order valence-corrected chi connectivity index (χ2v) is 10.2. The predicted molar refractivity (Wildman–Crippen MR) is 131 cm³/mol.